The van der Waals surface area contributed by atoms with Crippen LogP contribution in [0.4, 0.5) is 4.79 Å². The Morgan fingerprint density at radius 3 is 2.38 bits per heavy atom. The van der Waals surface area contributed by atoms with Crippen LogP contribution in [0.25, 0.3) is 10.9 Å². The molecule has 3 aromatic carbocycles. The average Bonchev–Trinajstić information content (AvgIpc) is 3.35. The predicted molar refractivity (Wildman–Crippen MR) is 165 cm³/mol. The lowest BCUT2D eigenvalue weighted by Gasteiger charge is -2.27. The molecular formula is C34H41N3O5. The molecule has 8 heteroatoms. The molecule has 0 saturated heterocycles. The maximum absolute atomic E-state index is 12.5. The van der Waals surface area contributed by atoms with Crippen LogP contribution in [0.1, 0.15) is 50.3 Å². The van der Waals surface area contributed by atoms with E-state index in [1.165, 1.54) is 0 Å². The molecule has 1 heterocycles. The molecule has 0 fully saturated rings. The highest BCUT2D eigenvalue weighted by molar-refractivity contribution is 5.83. The number of carboxylic acid groups (broad SMARTS) is 1. The number of aryl methyl sites for hydroxylation is 1. The standard InChI is InChI=1S/C34H41N3O5/c1-34(2,3)42-33(40)36-22-27(18-17-25-13-7-10-16-31(25)41-23-24-11-5-4-6-12-24)37-28(20-32(38)39)19-26-21-35-30-15-9-8-14-29(26)30/h4-16,21,27-28,35,37H,17-20,22-23H2,1-3H3,(H,36,40)(H,38,39)/t27?,28-/m0/s1. The van der Waals surface area contributed by atoms with Gasteiger partial charge in [0.1, 0.15) is 18.0 Å². The Morgan fingerprint density at radius 1 is 0.905 bits per heavy atom. The van der Waals surface area contributed by atoms with Crippen molar-refractivity contribution in [2.75, 3.05) is 6.54 Å². The quantitative estimate of drug-likeness (QED) is 0.142. The summed E-state index contributed by atoms with van der Waals surface area (Å²) in [6.07, 6.45) is 3.22. The number of hydrogen-bond acceptors (Lipinski definition) is 5. The lowest BCUT2D eigenvalue weighted by atomic mass is 9.99. The molecule has 4 N–H and O–H groups in total. The lowest BCUT2D eigenvalue weighted by molar-refractivity contribution is -0.137. The van der Waals surface area contributed by atoms with Crippen molar-refractivity contribution in [1.82, 2.24) is 15.6 Å². The molecule has 0 radical (unpaired) electrons. The first-order valence-electron chi connectivity index (χ1n) is 14.4. The number of aliphatic carboxylic acids is 1. The van der Waals surface area contributed by atoms with Gasteiger partial charge in [-0.2, -0.15) is 0 Å². The van der Waals surface area contributed by atoms with Gasteiger partial charge in [0.25, 0.3) is 0 Å². The highest BCUT2D eigenvalue weighted by atomic mass is 16.6. The largest absolute Gasteiger partial charge is 0.489 e. The molecule has 8 nitrogen and oxygen atoms in total. The van der Waals surface area contributed by atoms with Crippen LogP contribution in [0.5, 0.6) is 5.75 Å². The number of para-hydroxylation sites is 2. The van der Waals surface area contributed by atoms with E-state index in [9.17, 15) is 14.7 Å². The highest BCUT2D eigenvalue weighted by Gasteiger charge is 2.23. The van der Waals surface area contributed by atoms with Crippen LogP contribution < -0.4 is 15.4 Å². The molecule has 0 aliphatic carbocycles. The fourth-order valence-corrected chi connectivity index (χ4v) is 4.98. The fraction of sp³-hybridized carbons (Fsp3) is 0.353. The number of hydrogen-bond donors (Lipinski definition) is 4. The van der Waals surface area contributed by atoms with Gasteiger partial charge in [0, 0.05) is 35.7 Å². The first-order chi connectivity index (χ1) is 20.2. The topological polar surface area (TPSA) is 113 Å². The number of alkyl carbamates (subject to hydrolysis) is 1. The van der Waals surface area contributed by atoms with Crippen molar-refractivity contribution in [2.45, 2.75) is 70.7 Å². The van der Waals surface area contributed by atoms with Gasteiger partial charge in [-0.05, 0) is 68.9 Å². The maximum atomic E-state index is 12.5. The van der Waals surface area contributed by atoms with Crippen molar-refractivity contribution in [3.8, 4) is 5.75 Å². The number of nitrogens with one attached hydrogen (secondary N) is 3. The first-order valence-corrected chi connectivity index (χ1v) is 14.4. The minimum atomic E-state index is -0.883. The molecule has 0 bridgehead atoms. The smallest absolute Gasteiger partial charge is 0.407 e. The van der Waals surface area contributed by atoms with Crippen LogP contribution >= 0.6 is 0 Å². The lowest BCUT2D eigenvalue weighted by Crippen LogP contribution is -2.48. The molecular weight excluding hydrogens is 530 g/mol. The van der Waals surface area contributed by atoms with Gasteiger partial charge in [-0.3, -0.25) is 4.79 Å². The summed E-state index contributed by atoms with van der Waals surface area (Å²) in [4.78, 5) is 27.6. The molecule has 42 heavy (non-hydrogen) atoms. The van der Waals surface area contributed by atoms with Crippen LogP contribution in [0, 0.1) is 0 Å². The van der Waals surface area contributed by atoms with Crippen LogP contribution in [-0.2, 0) is 29.0 Å². The number of rotatable bonds is 14. The van der Waals surface area contributed by atoms with Crippen LogP contribution in [0.2, 0.25) is 0 Å². The van der Waals surface area contributed by atoms with Gasteiger partial charge in [0.15, 0.2) is 0 Å². The van der Waals surface area contributed by atoms with Gasteiger partial charge < -0.3 is 30.2 Å². The summed E-state index contributed by atoms with van der Waals surface area (Å²) in [5, 5.41) is 17.2. The third-order valence-corrected chi connectivity index (χ3v) is 6.90. The summed E-state index contributed by atoms with van der Waals surface area (Å²) < 4.78 is 11.6. The van der Waals surface area contributed by atoms with Crippen molar-refractivity contribution < 1.29 is 24.2 Å². The Bertz CT molecular complexity index is 1440. The Labute approximate surface area is 247 Å². The van der Waals surface area contributed by atoms with Crippen molar-refractivity contribution in [3.63, 3.8) is 0 Å². The monoisotopic (exact) mass is 571 g/mol. The van der Waals surface area contributed by atoms with E-state index in [1.807, 2.05) is 106 Å². The molecule has 1 unspecified atom stereocenters. The summed E-state index contributed by atoms with van der Waals surface area (Å²) in [5.41, 5.74) is 3.56. The number of aromatic nitrogens is 1. The third-order valence-electron chi connectivity index (χ3n) is 6.90. The fourth-order valence-electron chi connectivity index (χ4n) is 4.98. The van der Waals surface area contributed by atoms with E-state index in [1.54, 1.807) is 0 Å². The zero-order valence-corrected chi connectivity index (χ0v) is 24.6. The molecule has 0 spiro atoms. The predicted octanol–water partition coefficient (Wildman–Crippen LogP) is 6.25. The number of benzene rings is 3. The van der Waals surface area contributed by atoms with Gasteiger partial charge in [0.05, 0.1) is 6.42 Å². The number of H-pyrrole nitrogens is 1. The molecule has 2 atom stereocenters. The summed E-state index contributed by atoms with van der Waals surface area (Å²) >= 11 is 0. The zero-order chi connectivity index (χ0) is 30.0. The average molecular weight is 572 g/mol. The molecule has 0 aliphatic rings. The number of amides is 1. The second kappa shape index (κ2) is 14.5. The van der Waals surface area contributed by atoms with E-state index < -0.39 is 17.7 Å². The van der Waals surface area contributed by atoms with E-state index in [-0.39, 0.29) is 25.0 Å². The second-order valence-electron chi connectivity index (χ2n) is 11.5. The van der Waals surface area contributed by atoms with E-state index in [0.29, 0.717) is 25.9 Å². The molecule has 1 aromatic heterocycles. The Morgan fingerprint density at radius 2 is 1.62 bits per heavy atom. The normalized spacial score (nSPS) is 12.9. The summed E-state index contributed by atoms with van der Waals surface area (Å²) in [6.45, 7) is 6.20. The third kappa shape index (κ3) is 9.66. The van der Waals surface area contributed by atoms with E-state index >= 15 is 0 Å². The maximum Gasteiger partial charge on any atom is 0.407 e. The van der Waals surface area contributed by atoms with E-state index in [4.69, 9.17) is 9.47 Å². The minimum Gasteiger partial charge on any atom is -0.489 e. The van der Waals surface area contributed by atoms with Gasteiger partial charge in [0.2, 0.25) is 0 Å². The first kappa shape index (κ1) is 30.7. The van der Waals surface area contributed by atoms with Gasteiger partial charge in [-0.1, -0.05) is 66.7 Å². The number of carbonyl (C=O) groups is 2. The highest BCUT2D eigenvalue weighted by Crippen LogP contribution is 2.23. The summed E-state index contributed by atoms with van der Waals surface area (Å²) in [7, 11) is 0. The van der Waals surface area contributed by atoms with E-state index in [2.05, 4.69) is 15.6 Å². The molecule has 1 amide bonds. The SMILES string of the molecule is CC(C)(C)OC(=O)NCC(CCc1ccccc1OCc1ccccc1)N[C@H](CC(=O)O)Cc1c[nH]c2ccccc12. The van der Waals surface area contributed by atoms with Crippen LogP contribution in [0.3, 0.4) is 0 Å². The number of carbonyl (C=O) groups excluding carboxylic acids is 1. The Hall–Kier alpha value is -4.30. The number of aromatic amines is 1. The Kier molecular flexibility index (Phi) is 10.6. The number of fused-ring (bicyclic) bond motifs is 1. The van der Waals surface area contributed by atoms with Crippen molar-refractivity contribution >= 4 is 23.0 Å². The van der Waals surface area contributed by atoms with Crippen molar-refractivity contribution in [2.24, 2.45) is 0 Å². The summed E-state index contributed by atoms with van der Waals surface area (Å²) in [6, 6.07) is 25.4. The van der Waals surface area contributed by atoms with Crippen molar-refractivity contribution in [3.05, 3.63) is 102 Å². The van der Waals surface area contributed by atoms with Crippen LogP contribution in [0.15, 0.2) is 85.1 Å². The minimum absolute atomic E-state index is 0.0563. The van der Waals surface area contributed by atoms with Gasteiger partial charge in [-0.15, -0.1) is 0 Å². The van der Waals surface area contributed by atoms with E-state index in [0.717, 1.165) is 33.3 Å². The Balaban J connectivity index is 1.48. The second-order valence-corrected chi connectivity index (χ2v) is 11.5. The van der Waals surface area contributed by atoms with Crippen molar-refractivity contribution in [1.29, 1.82) is 0 Å². The van der Waals surface area contributed by atoms with Crippen LogP contribution in [-0.4, -0.2) is 46.4 Å². The zero-order valence-electron chi connectivity index (χ0n) is 24.6. The number of ether oxygens (including phenoxy) is 2. The van der Waals surface area contributed by atoms with Gasteiger partial charge in [-0.25, -0.2) is 4.79 Å². The molecule has 0 saturated carbocycles. The number of carboxylic acids is 1. The molecule has 222 valence electrons. The molecule has 4 rings (SSSR count). The molecule has 4 aromatic rings. The van der Waals surface area contributed by atoms with Gasteiger partial charge >= 0.3 is 12.1 Å². The summed E-state index contributed by atoms with van der Waals surface area (Å²) in [5.74, 6) is -0.0769. The molecule has 0 aliphatic heterocycles.